The molecule has 134 valence electrons. The van der Waals surface area contributed by atoms with Crippen LogP contribution in [0.15, 0.2) is 47.5 Å². The lowest BCUT2D eigenvalue weighted by Gasteiger charge is -2.33. The lowest BCUT2D eigenvalue weighted by atomic mass is 9.94. The van der Waals surface area contributed by atoms with E-state index in [1.165, 1.54) is 11.8 Å². The number of piperidine rings is 1. The number of pyridine rings is 1. The largest absolute Gasteiger partial charge is 0.497 e. The van der Waals surface area contributed by atoms with Crippen LogP contribution in [-0.2, 0) is 16.4 Å². The summed E-state index contributed by atoms with van der Waals surface area (Å²) in [5, 5.41) is 0. The van der Waals surface area contributed by atoms with E-state index >= 15 is 0 Å². The number of ether oxygens (including phenoxy) is 1. The van der Waals surface area contributed by atoms with E-state index in [0.717, 1.165) is 38.2 Å². The topological polar surface area (TPSA) is 59.5 Å². The molecule has 1 saturated heterocycles. The average Bonchev–Trinajstić information content (AvgIpc) is 2.61. The van der Waals surface area contributed by atoms with Crippen molar-refractivity contribution in [1.29, 1.82) is 0 Å². The Morgan fingerprint density at radius 1 is 1.28 bits per heavy atom. The van der Waals surface area contributed by atoms with Crippen molar-refractivity contribution in [2.75, 3.05) is 26.5 Å². The zero-order chi connectivity index (χ0) is 17.9. The van der Waals surface area contributed by atoms with Crippen molar-refractivity contribution in [3.8, 4) is 5.75 Å². The molecule has 0 unspecified atom stereocenters. The minimum atomic E-state index is -3.27. The highest BCUT2D eigenvalue weighted by Gasteiger charge is 2.27. The molecule has 0 aliphatic carbocycles. The first kappa shape index (κ1) is 17.9. The van der Waals surface area contributed by atoms with Gasteiger partial charge in [-0.15, -0.1) is 0 Å². The molecular weight excluding hydrogens is 336 g/mol. The molecule has 0 amide bonds. The number of rotatable bonds is 5. The van der Waals surface area contributed by atoms with Gasteiger partial charge in [-0.2, -0.15) is 0 Å². The number of hydrogen-bond donors (Lipinski definition) is 0. The number of nitrogens with zero attached hydrogens (tertiary/aromatic N) is 2. The van der Waals surface area contributed by atoms with Gasteiger partial charge in [0, 0.05) is 31.5 Å². The summed E-state index contributed by atoms with van der Waals surface area (Å²) in [5.41, 5.74) is 1.91. The maximum absolute atomic E-state index is 12.1. The van der Waals surface area contributed by atoms with E-state index in [0.29, 0.717) is 10.6 Å². The monoisotopic (exact) mass is 360 g/mol. The molecule has 1 fully saturated rings. The van der Waals surface area contributed by atoms with Crippen molar-refractivity contribution in [1.82, 2.24) is 9.88 Å². The van der Waals surface area contributed by atoms with Crippen LogP contribution in [0.3, 0.4) is 0 Å². The molecule has 6 heteroatoms. The molecule has 1 aromatic carbocycles. The molecule has 1 aliphatic heterocycles. The zero-order valence-corrected chi connectivity index (χ0v) is 15.5. The van der Waals surface area contributed by atoms with Crippen molar-refractivity contribution < 1.29 is 13.2 Å². The SMILES string of the molecule is COc1cccc(CN2CCC[C@@H](c3ncccc3S(C)(=O)=O)C2)c1. The molecule has 25 heavy (non-hydrogen) atoms. The summed E-state index contributed by atoms with van der Waals surface area (Å²) in [6, 6.07) is 11.4. The van der Waals surface area contributed by atoms with Gasteiger partial charge < -0.3 is 4.74 Å². The number of sulfone groups is 1. The van der Waals surface area contributed by atoms with Gasteiger partial charge in [0.2, 0.25) is 0 Å². The predicted octanol–water partition coefficient (Wildman–Crippen LogP) is 2.87. The third-order valence-corrected chi connectivity index (χ3v) is 5.78. The second-order valence-corrected chi connectivity index (χ2v) is 8.57. The van der Waals surface area contributed by atoms with E-state index in [4.69, 9.17) is 4.74 Å². The summed E-state index contributed by atoms with van der Waals surface area (Å²) in [7, 11) is -1.60. The minimum Gasteiger partial charge on any atom is -0.497 e. The first-order valence-electron chi connectivity index (χ1n) is 8.47. The maximum atomic E-state index is 12.1. The number of methoxy groups -OCH3 is 1. The molecule has 5 nitrogen and oxygen atoms in total. The molecule has 0 spiro atoms. The van der Waals surface area contributed by atoms with Gasteiger partial charge in [-0.1, -0.05) is 12.1 Å². The molecule has 1 aliphatic rings. The maximum Gasteiger partial charge on any atom is 0.177 e. The molecule has 3 rings (SSSR count). The highest BCUT2D eigenvalue weighted by atomic mass is 32.2. The molecule has 2 aromatic rings. The minimum absolute atomic E-state index is 0.144. The number of hydrogen-bond acceptors (Lipinski definition) is 5. The Kier molecular flexibility index (Phi) is 5.39. The Bertz CT molecular complexity index is 836. The van der Waals surface area contributed by atoms with Crippen LogP contribution in [0, 0.1) is 0 Å². The van der Waals surface area contributed by atoms with Gasteiger partial charge in [0.25, 0.3) is 0 Å². The Hall–Kier alpha value is -1.92. The summed E-state index contributed by atoms with van der Waals surface area (Å²) in [6.07, 6.45) is 4.94. The smallest absolute Gasteiger partial charge is 0.177 e. The fourth-order valence-electron chi connectivity index (χ4n) is 3.47. The van der Waals surface area contributed by atoms with Crippen molar-refractivity contribution in [3.63, 3.8) is 0 Å². The van der Waals surface area contributed by atoms with Crippen LogP contribution in [0.4, 0.5) is 0 Å². The molecule has 0 saturated carbocycles. The lowest BCUT2D eigenvalue weighted by molar-refractivity contribution is 0.197. The van der Waals surface area contributed by atoms with Gasteiger partial charge in [-0.3, -0.25) is 9.88 Å². The quantitative estimate of drug-likeness (QED) is 0.820. The fourth-order valence-corrected chi connectivity index (χ4v) is 4.40. The normalized spacial score (nSPS) is 18.9. The second kappa shape index (κ2) is 7.54. The summed E-state index contributed by atoms with van der Waals surface area (Å²) in [6.45, 7) is 2.65. The van der Waals surface area contributed by atoms with Gasteiger partial charge >= 0.3 is 0 Å². The Balaban J connectivity index is 1.78. The van der Waals surface area contributed by atoms with E-state index in [2.05, 4.69) is 16.0 Å². The predicted molar refractivity (Wildman–Crippen MR) is 97.6 cm³/mol. The molecule has 1 atom stereocenters. The van der Waals surface area contributed by atoms with Crippen LogP contribution < -0.4 is 4.74 Å². The van der Waals surface area contributed by atoms with Crippen molar-refractivity contribution >= 4 is 9.84 Å². The van der Waals surface area contributed by atoms with Crippen LogP contribution in [0.2, 0.25) is 0 Å². The van der Waals surface area contributed by atoms with Crippen molar-refractivity contribution in [2.24, 2.45) is 0 Å². The Morgan fingerprint density at radius 2 is 2.12 bits per heavy atom. The standard InChI is InChI=1S/C19H24N2O3S/c1-24-17-8-3-6-15(12-17)13-21-11-5-7-16(14-21)19-18(25(2,22)23)9-4-10-20-19/h3-4,6,8-10,12,16H,5,7,11,13-14H2,1-2H3/t16-/m1/s1. The third kappa shape index (κ3) is 4.38. The summed E-state index contributed by atoms with van der Waals surface area (Å²) < 4.78 is 29.4. The summed E-state index contributed by atoms with van der Waals surface area (Å²) >= 11 is 0. The number of likely N-dealkylation sites (tertiary alicyclic amines) is 1. The number of aromatic nitrogens is 1. The van der Waals surface area contributed by atoms with E-state index in [9.17, 15) is 8.42 Å². The molecule has 0 radical (unpaired) electrons. The number of benzene rings is 1. The van der Waals surface area contributed by atoms with Crippen molar-refractivity contribution in [3.05, 3.63) is 53.9 Å². The first-order valence-corrected chi connectivity index (χ1v) is 10.4. The van der Waals surface area contributed by atoms with Gasteiger partial charge in [-0.05, 0) is 49.2 Å². The van der Waals surface area contributed by atoms with Crippen LogP contribution >= 0.6 is 0 Å². The van der Waals surface area contributed by atoms with Gasteiger partial charge in [0.1, 0.15) is 5.75 Å². The Labute approximate surface area is 149 Å². The van der Waals surface area contributed by atoms with E-state index in [1.807, 2.05) is 18.2 Å². The molecule has 0 N–H and O–H groups in total. The van der Waals surface area contributed by atoms with Crippen LogP contribution in [0.5, 0.6) is 5.75 Å². The Morgan fingerprint density at radius 3 is 2.88 bits per heavy atom. The highest BCUT2D eigenvalue weighted by molar-refractivity contribution is 7.90. The van der Waals surface area contributed by atoms with Crippen LogP contribution in [0.1, 0.15) is 30.0 Å². The van der Waals surface area contributed by atoms with Crippen molar-refractivity contribution in [2.45, 2.75) is 30.2 Å². The second-order valence-electron chi connectivity index (χ2n) is 6.58. The zero-order valence-electron chi connectivity index (χ0n) is 14.7. The molecule has 1 aromatic heterocycles. The molecule has 0 bridgehead atoms. The lowest BCUT2D eigenvalue weighted by Crippen LogP contribution is -2.34. The van der Waals surface area contributed by atoms with Crippen LogP contribution in [0.25, 0.3) is 0 Å². The average molecular weight is 360 g/mol. The summed E-state index contributed by atoms with van der Waals surface area (Å²) in [4.78, 5) is 7.14. The fraction of sp³-hybridized carbons (Fsp3) is 0.421. The van der Waals surface area contributed by atoms with E-state index in [1.54, 1.807) is 25.4 Å². The highest BCUT2D eigenvalue weighted by Crippen LogP contribution is 2.30. The van der Waals surface area contributed by atoms with E-state index in [-0.39, 0.29) is 5.92 Å². The third-order valence-electron chi connectivity index (χ3n) is 4.63. The van der Waals surface area contributed by atoms with Gasteiger partial charge in [0.05, 0.1) is 17.7 Å². The summed E-state index contributed by atoms with van der Waals surface area (Å²) in [5.74, 6) is 1.00. The van der Waals surface area contributed by atoms with Gasteiger partial charge in [0.15, 0.2) is 9.84 Å². The first-order chi connectivity index (χ1) is 12.0. The van der Waals surface area contributed by atoms with E-state index < -0.39 is 9.84 Å². The van der Waals surface area contributed by atoms with Crippen LogP contribution in [-0.4, -0.2) is 44.8 Å². The molecule has 2 heterocycles. The van der Waals surface area contributed by atoms with Gasteiger partial charge in [-0.25, -0.2) is 8.42 Å². The molecular formula is C19H24N2O3S.